The number of nitrogens with zero attached hydrogens (tertiary/aromatic N) is 1. The Hall–Kier alpha value is -1.35. The van der Waals surface area contributed by atoms with Gasteiger partial charge in [-0.1, -0.05) is 45.0 Å². The first-order chi connectivity index (χ1) is 9.32. The Balaban J connectivity index is 2.14. The lowest BCUT2D eigenvalue weighted by atomic mass is 9.86. The number of rotatable bonds is 3. The van der Waals surface area contributed by atoms with Crippen molar-refractivity contribution in [1.29, 1.82) is 0 Å². The zero-order valence-corrected chi connectivity index (χ0v) is 13.0. The van der Waals surface area contributed by atoms with Crippen LogP contribution in [0.5, 0.6) is 0 Å². The second-order valence-electron chi connectivity index (χ2n) is 6.90. The van der Waals surface area contributed by atoms with Crippen molar-refractivity contribution >= 4 is 5.91 Å². The van der Waals surface area contributed by atoms with Crippen LogP contribution in [-0.4, -0.2) is 23.9 Å². The zero-order chi connectivity index (χ0) is 14.9. The van der Waals surface area contributed by atoms with Crippen molar-refractivity contribution in [3.05, 3.63) is 35.4 Å². The molecular weight excluding hydrogens is 248 g/mol. The van der Waals surface area contributed by atoms with Gasteiger partial charge in [0.1, 0.15) is 0 Å². The molecule has 0 aliphatic carbocycles. The summed E-state index contributed by atoms with van der Waals surface area (Å²) in [6.45, 7) is 10.1. The highest BCUT2D eigenvalue weighted by Crippen LogP contribution is 2.29. The summed E-state index contributed by atoms with van der Waals surface area (Å²) in [5.74, 6) is 0.548. The van der Waals surface area contributed by atoms with Crippen molar-refractivity contribution in [2.75, 3.05) is 13.1 Å². The zero-order valence-electron chi connectivity index (χ0n) is 13.0. The van der Waals surface area contributed by atoms with Crippen molar-refractivity contribution in [1.82, 2.24) is 4.90 Å². The van der Waals surface area contributed by atoms with Gasteiger partial charge >= 0.3 is 0 Å². The van der Waals surface area contributed by atoms with Crippen molar-refractivity contribution in [3.63, 3.8) is 0 Å². The van der Waals surface area contributed by atoms with Crippen molar-refractivity contribution in [2.45, 2.75) is 45.6 Å². The molecule has 1 fully saturated rings. The fourth-order valence-corrected chi connectivity index (χ4v) is 2.78. The molecule has 110 valence electrons. The third-order valence-electron chi connectivity index (χ3n) is 4.30. The van der Waals surface area contributed by atoms with Gasteiger partial charge in [-0.3, -0.25) is 4.79 Å². The van der Waals surface area contributed by atoms with E-state index in [1.165, 1.54) is 11.1 Å². The minimum atomic E-state index is 0.132. The van der Waals surface area contributed by atoms with Crippen molar-refractivity contribution < 1.29 is 4.79 Å². The van der Waals surface area contributed by atoms with E-state index < -0.39 is 0 Å². The molecule has 2 N–H and O–H groups in total. The standard InChI is InChI=1S/C17H26N2O/c1-12(19-11-13(10-18)9-16(19)20)14-5-7-15(8-6-14)17(2,3)4/h5-8,12-13H,9-11,18H2,1-4H3. The van der Waals surface area contributed by atoms with E-state index in [4.69, 9.17) is 5.73 Å². The number of likely N-dealkylation sites (tertiary alicyclic amines) is 1. The number of hydrogen-bond donors (Lipinski definition) is 1. The van der Waals surface area contributed by atoms with E-state index in [1.54, 1.807) is 0 Å². The summed E-state index contributed by atoms with van der Waals surface area (Å²) in [5.41, 5.74) is 8.37. The van der Waals surface area contributed by atoms with Gasteiger partial charge in [-0.25, -0.2) is 0 Å². The Morgan fingerprint density at radius 1 is 1.30 bits per heavy atom. The first-order valence-corrected chi connectivity index (χ1v) is 7.43. The molecule has 3 nitrogen and oxygen atoms in total. The van der Waals surface area contributed by atoms with Gasteiger partial charge in [0.15, 0.2) is 0 Å². The van der Waals surface area contributed by atoms with E-state index in [2.05, 4.69) is 52.0 Å². The number of carbonyl (C=O) groups is 1. The van der Waals surface area contributed by atoms with Crippen molar-refractivity contribution in [2.24, 2.45) is 11.7 Å². The molecular formula is C17H26N2O. The van der Waals surface area contributed by atoms with Crippen LogP contribution in [0.2, 0.25) is 0 Å². The van der Waals surface area contributed by atoms with E-state index in [1.807, 2.05) is 4.90 Å². The van der Waals surface area contributed by atoms with Crippen LogP contribution in [0, 0.1) is 5.92 Å². The van der Waals surface area contributed by atoms with Gasteiger partial charge in [0.05, 0.1) is 6.04 Å². The first kappa shape index (κ1) is 15.0. The molecule has 0 spiro atoms. The fourth-order valence-electron chi connectivity index (χ4n) is 2.78. The Bertz CT molecular complexity index is 473. The number of hydrogen-bond acceptors (Lipinski definition) is 2. The molecule has 1 aromatic rings. The highest BCUT2D eigenvalue weighted by Gasteiger charge is 2.32. The second kappa shape index (κ2) is 5.57. The van der Waals surface area contributed by atoms with Crippen LogP contribution in [0.15, 0.2) is 24.3 Å². The molecule has 1 amide bonds. The average Bonchev–Trinajstić information content (AvgIpc) is 2.78. The van der Waals surface area contributed by atoms with E-state index in [9.17, 15) is 4.79 Å². The number of carbonyl (C=O) groups excluding carboxylic acids is 1. The van der Waals surface area contributed by atoms with Crippen LogP contribution in [0.1, 0.15) is 51.3 Å². The second-order valence-corrected chi connectivity index (χ2v) is 6.90. The van der Waals surface area contributed by atoms with Gasteiger partial charge < -0.3 is 10.6 Å². The summed E-state index contributed by atoms with van der Waals surface area (Å²) in [6.07, 6.45) is 0.598. The normalized spacial score (nSPS) is 21.4. The largest absolute Gasteiger partial charge is 0.336 e. The Morgan fingerprint density at radius 2 is 1.90 bits per heavy atom. The summed E-state index contributed by atoms with van der Waals surface area (Å²) in [4.78, 5) is 14.0. The number of benzene rings is 1. The van der Waals surface area contributed by atoms with Gasteiger partial charge in [0, 0.05) is 13.0 Å². The molecule has 2 rings (SSSR count). The van der Waals surface area contributed by atoms with E-state index >= 15 is 0 Å². The molecule has 20 heavy (non-hydrogen) atoms. The van der Waals surface area contributed by atoms with Gasteiger partial charge in [0.2, 0.25) is 5.91 Å². The topological polar surface area (TPSA) is 46.3 Å². The van der Waals surface area contributed by atoms with Crippen molar-refractivity contribution in [3.8, 4) is 0 Å². The highest BCUT2D eigenvalue weighted by atomic mass is 16.2. The summed E-state index contributed by atoms with van der Waals surface area (Å²) >= 11 is 0. The number of nitrogens with two attached hydrogens (primary N) is 1. The Morgan fingerprint density at radius 3 is 2.35 bits per heavy atom. The quantitative estimate of drug-likeness (QED) is 0.921. The van der Waals surface area contributed by atoms with E-state index in [-0.39, 0.29) is 17.4 Å². The minimum Gasteiger partial charge on any atom is -0.336 e. The molecule has 1 aliphatic rings. The highest BCUT2D eigenvalue weighted by molar-refractivity contribution is 5.79. The first-order valence-electron chi connectivity index (χ1n) is 7.43. The minimum absolute atomic E-state index is 0.132. The lowest BCUT2D eigenvalue weighted by molar-refractivity contribution is -0.129. The molecule has 0 aromatic heterocycles. The summed E-state index contributed by atoms with van der Waals surface area (Å²) < 4.78 is 0. The monoisotopic (exact) mass is 274 g/mol. The van der Waals surface area contributed by atoms with Gasteiger partial charge in [-0.2, -0.15) is 0 Å². The van der Waals surface area contributed by atoms with Crippen LogP contribution < -0.4 is 5.73 Å². The van der Waals surface area contributed by atoms with Crippen LogP contribution in [-0.2, 0) is 10.2 Å². The predicted octanol–water partition coefficient (Wildman–Crippen LogP) is 2.85. The lowest BCUT2D eigenvalue weighted by Gasteiger charge is -2.26. The lowest BCUT2D eigenvalue weighted by Crippen LogP contribution is -2.29. The molecule has 1 aromatic carbocycles. The molecule has 0 saturated carbocycles. The molecule has 1 saturated heterocycles. The third kappa shape index (κ3) is 3.04. The smallest absolute Gasteiger partial charge is 0.223 e. The molecule has 1 heterocycles. The van der Waals surface area contributed by atoms with Crippen LogP contribution in [0.25, 0.3) is 0 Å². The third-order valence-corrected chi connectivity index (χ3v) is 4.30. The van der Waals surface area contributed by atoms with Gasteiger partial charge in [0.25, 0.3) is 0 Å². The summed E-state index contributed by atoms with van der Waals surface area (Å²) in [7, 11) is 0. The summed E-state index contributed by atoms with van der Waals surface area (Å²) in [6, 6.07) is 8.77. The Labute approximate surface area is 122 Å². The maximum absolute atomic E-state index is 12.1. The molecule has 2 unspecified atom stereocenters. The van der Waals surface area contributed by atoms with Crippen LogP contribution in [0.3, 0.4) is 0 Å². The average molecular weight is 274 g/mol. The molecule has 3 heteroatoms. The van der Waals surface area contributed by atoms with Gasteiger partial charge in [-0.15, -0.1) is 0 Å². The molecule has 0 bridgehead atoms. The summed E-state index contributed by atoms with van der Waals surface area (Å²) in [5, 5.41) is 0. The van der Waals surface area contributed by atoms with E-state index in [0.717, 1.165) is 6.54 Å². The maximum Gasteiger partial charge on any atom is 0.223 e. The van der Waals surface area contributed by atoms with Gasteiger partial charge in [-0.05, 0) is 35.9 Å². The molecule has 0 radical (unpaired) electrons. The SMILES string of the molecule is CC(c1ccc(C(C)(C)C)cc1)N1CC(CN)CC1=O. The maximum atomic E-state index is 12.1. The fraction of sp³-hybridized carbons (Fsp3) is 0.588. The van der Waals surface area contributed by atoms with E-state index in [0.29, 0.717) is 18.9 Å². The van der Waals surface area contributed by atoms with Crippen LogP contribution in [0.4, 0.5) is 0 Å². The predicted molar refractivity (Wildman–Crippen MR) is 82.4 cm³/mol. The Kier molecular flexibility index (Phi) is 4.19. The number of amides is 1. The molecule has 1 aliphatic heterocycles. The molecule has 2 atom stereocenters. The van der Waals surface area contributed by atoms with Crippen LogP contribution >= 0.6 is 0 Å².